The number of fused-ring (bicyclic) bond motifs is 3. The molecule has 0 bridgehead atoms. The second-order valence-electron chi connectivity index (χ2n) is 8.45. The lowest BCUT2D eigenvalue weighted by Crippen LogP contribution is -2.33. The fourth-order valence-corrected chi connectivity index (χ4v) is 4.87. The number of carbonyl (C=O) groups excluding carboxylic acids is 1. The van der Waals surface area contributed by atoms with Gasteiger partial charge in [0.25, 0.3) is 5.91 Å². The van der Waals surface area contributed by atoms with Gasteiger partial charge in [0.1, 0.15) is 5.76 Å². The number of halogens is 1. The van der Waals surface area contributed by atoms with Gasteiger partial charge in [-0.05, 0) is 56.5 Å². The smallest absolute Gasteiger partial charge is 0.287 e. The number of amides is 1. The van der Waals surface area contributed by atoms with Crippen LogP contribution in [0.1, 0.15) is 45.8 Å². The van der Waals surface area contributed by atoms with E-state index >= 15 is 0 Å². The first kappa shape index (κ1) is 20.3. The average Bonchev–Trinajstić information content (AvgIpc) is 3.48. The summed E-state index contributed by atoms with van der Waals surface area (Å²) in [5.74, 6) is 1.14. The first-order chi connectivity index (χ1) is 15.1. The largest absolute Gasteiger partial charge is 0.455 e. The molecule has 0 radical (unpaired) electrons. The van der Waals surface area contributed by atoms with E-state index in [0.29, 0.717) is 18.8 Å². The molecule has 3 aromatic rings. The summed E-state index contributed by atoms with van der Waals surface area (Å²) >= 11 is 6.32. The number of aryl methyl sites for hydroxylation is 2. The van der Waals surface area contributed by atoms with E-state index in [-0.39, 0.29) is 5.91 Å². The number of likely N-dealkylation sites (tertiary alicyclic amines) is 1. The van der Waals surface area contributed by atoms with Gasteiger partial charge in [-0.25, -0.2) is 0 Å². The van der Waals surface area contributed by atoms with E-state index in [4.69, 9.17) is 21.1 Å². The molecule has 0 spiro atoms. The molecule has 1 aliphatic heterocycles. The third-order valence-corrected chi connectivity index (χ3v) is 6.69. The molecule has 0 unspecified atom stereocenters. The van der Waals surface area contributed by atoms with Crippen LogP contribution >= 0.6 is 11.6 Å². The lowest BCUT2D eigenvalue weighted by atomic mass is 9.93. The summed E-state index contributed by atoms with van der Waals surface area (Å²) in [6.07, 6.45) is 6.23. The molecule has 0 atom stereocenters. The van der Waals surface area contributed by atoms with Crippen molar-refractivity contribution in [3.05, 3.63) is 63.7 Å². The van der Waals surface area contributed by atoms with Crippen LogP contribution in [0.15, 0.2) is 34.9 Å². The molecular weight excluding hydrogens is 412 g/mol. The lowest BCUT2D eigenvalue weighted by molar-refractivity contribution is 0.0919. The highest BCUT2D eigenvalue weighted by Crippen LogP contribution is 2.38. The molecule has 1 N–H and O–H groups in total. The number of benzene rings is 1. The minimum absolute atomic E-state index is 0.136. The Morgan fingerprint density at radius 2 is 2.03 bits per heavy atom. The highest BCUT2D eigenvalue weighted by Gasteiger charge is 2.29. The summed E-state index contributed by atoms with van der Waals surface area (Å²) in [6.45, 7) is 6.36. The van der Waals surface area contributed by atoms with Crippen LogP contribution in [0.25, 0.3) is 11.3 Å². The van der Waals surface area contributed by atoms with Gasteiger partial charge in [-0.3, -0.25) is 9.48 Å². The Bertz CT molecular complexity index is 1110. The molecule has 2 aliphatic rings. The van der Waals surface area contributed by atoms with Crippen molar-refractivity contribution in [2.24, 2.45) is 0 Å². The topological polar surface area (TPSA) is 63.3 Å². The van der Waals surface area contributed by atoms with Crippen molar-refractivity contribution in [3.63, 3.8) is 0 Å². The summed E-state index contributed by atoms with van der Waals surface area (Å²) < 4.78 is 7.96. The van der Waals surface area contributed by atoms with Crippen molar-refractivity contribution in [2.45, 2.75) is 39.2 Å². The van der Waals surface area contributed by atoms with Crippen LogP contribution in [-0.2, 0) is 19.4 Å². The fourth-order valence-electron chi connectivity index (χ4n) is 4.68. The lowest BCUT2D eigenvalue weighted by Gasteiger charge is -2.14. The third kappa shape index (κ3) is 4.02. The van der Waals surface area contributed by atoms with Gasteiger partial charge in [0, 0.05) is 41.9 Å². The molecule has 162 valence electrons. The van der Waals surface area contributed by atoms with E-state index in [2.05, 4.69) is 16.4 Å². The predicted molar refractivity (Wildman–Crippen MR) is 121 cm³/mol. The number of aromatic nitrogens is 2. The van der Waals surface area contributed by atoms with E-state index in [1.54, 1.807) is 0 Å². The molecule has 1 aromatic carbocycles. The Morgan fingerprint density at radius 3 is 2.84 bits per heavy atom. The average molecular weight is 439 g/mol. The molecule has 5 rings (SSSR count). The standard InChI is InChI=1S/C24H27ClN4O2/c1-16-21-20(31-23(16)24(30)26-10-13-28-11-4-5-12-28)9-8-18-15-29(27-22(18)21)14-17-6-2-3-7-19(17)25/h2-3,6-7,15H,4-5,8-14H2,1H3,(H,26,30). The summed E-state index contributed by atoms with van der Waals surface area (Å²) in [4.78, 5) is 15.2. The Kier molecular flexibility index (Phi) is 5.59. The second kappa shape index (κ2) is 8.52. The fraction of sp³-hybridized carbons (Fsp3) is 0.417. The first-order valence-corrected chi connectivity index (χ1v) is 11.4. The van der Waals surface area contributed by atoms with Gasteiger partial charge in [-0.15, -0.1) is 0 Å². The summed E-state index contributed by atoms with van der Waals surface area (Å²) in [7, 11) is 0. The van der Waals surface area contributed by atoms with Crippen molar-refractivity contribution < 1.29 is 9.21 Å². The van der Waals surface area contributed by atoms with Crippen LogP contribution < -0.4 is 5.32 Å². The number of hydrogen-bond acceptors (Lipinski definition) is 4. The number of hydrogen-bond donors (Lipinski definition) is 1. The zero-order valence-electron chi connectivity index (χ0n) is 17.8. The molecule has 2 aromatic heterocycles. The van der Waals surface area contributed by atoms with Gasteiger partial charge in [0.05, 0.1) is 12.2 Å². The van der Waals surface area contributed by atoms with Gasteiger partial charge in [-0.1, -0.05) is 29.8 Å². The van der Waals surface area contributed by atoms with E-state index in [1.807, 2.05) is 35.9 Å². The van der Waals surface area contributed by atoms with Crippen LogP contribution in [-0.4, -0.2) is 46.8 Å². The SMILES string of the molecule is Cc1c(C(=O)NCCN2CCCC2)oc2c1-c1nn(Cc3ccccc3Cl)cc1CC2. The van der Waals surface area contributed by atoms with Crippen molar-refractivity contribution >= 4 is 17.5 Å². The third-order valence-electron chi connectivity index (χ3n) is 6.32. The van der Waals surface area contributed by atoms with Crippen LogP contribution in [0.5, 0.6) is 0 Å². The predicted octanol–water partition coefficient (Wildman–Crippen LogP) is 4.08. The maximum atomic E-state index is 12.8. The van der Waals surface area contributed by atoms with Crippen LogP contribution in [0.4, 0.5) is 0 Å². The molecule has 1 amide bonds. The Morgan fingerprint density at radius 1 is 1.23 bits per heavy atom. The number of carbonyl (C=O) groups is 1. The molecular formula is C24H27ClN4O2. The highest BCUT2D eigenvalue weighted by atomic mass is 35.5. The first-order valence-electron chi connectivity index (χ1n) is 11.0. The van der Waals surface area contributed by atoms with Crippen LogP contribution in [0, 0.1) is 6.92 Å². The Labute approximate surface area is 187 Å². The van der Waals surface area contributed by atoms with E-state index < -0.39 is 0 Å². The van der Waals surface area contributed by atoms with E-state index in [9.17, 15) is 4.79 Å². The maximum absolute atomic E-state index is 12.8. The number of furan rings is 1. The van der Waals surface area contributed by atoms with Crippen LogP contribution in [0.2, 0.25) is 5.02 Å². The molecule has 1 aliphatic carbocycles. The normalized spacial score (nSPS) is 15.7. The van der Waals surface area contributed by atoms with Gasteiger partial charge >= 0.3 is 0 Å². The molecule has 31 heavy (non-hydrogen) atoms. The Balaban J connectivity index is 1.34. The van der Waals surface area contributed by atoms with Crippen molar-refractivity contribution in [3.8, 4) is 11.3 Å². The van der Waals surface area contributed by atoms with E-state index in [0.717, 1.165) is 65.6 Å². The summed E-state index contributed by atoms with van der Waals surface area (Å²) in [5.41, 5.74) is 4.99. The molecule has 1 fully saturated rings. The van der Waals surface area contributed by atoms with Gasteiger partial charge in [-0.2, -0.15) is 5.10 Å². The van der Waals surface area contributed by atoms with Crippen molar-refractivity contribution in [1.29, 1.82) is 0 Å². The molecule has 7 heteroatoms. The van der Waals surface area contributed by atoms with Crippen molar-refractivity contribution in [2.75, 3.05) is 26.2 Å². The van der Waals surface area contributed by atoms with Crippen molar-refractivity contribution in [1.82, 2.24) is 20.0 Å². The number of nitrogens with zero attached hydrogens (tertiary/aromatic N) is 3. The summed E-state index contributed by atoms with van der Waals surface area (Å²) in [5, 5.41) is 8.61. The maximum Gasteiger partial charge on any atom is 0.287 e. The van der Waals surface area contributed by atoms with Gasteiger partial charge in [0.2, 0.25) is 0 Å². The minimum atomic E-state index is -0.136. The van der Waals surface area contributed by atoms with Gasteiger partial charge in [0.15, 0.2) is 5.76 Å². The highest BCUT2D eigenvalue weighted by molar-refractivity contribution is 6.31. The number of rotatable bonds is 6. The quantitative estimate of drug-likeness (QED) is 0.630. The minimum Gasteiger partial charge on any atom is -0.455 e. The van der Waals surface area contributed by atoms with Gasteiger partial charge < -0.3 is 14.6 Å². The zero-order valence-corrected chi connectivity index (χ0v) is 18.5. The molecule has 0 saturated carbocycles. The Hall–Kier alpha value is -2.57. The molecule has 1 saturated heterocycles. The second-order valence-corrected chi connectivity index (χ2v) is 8.86. The monoisotopic (exact) mass is 438 g/mol. The summed E-state index contributed by atoms with van der Waals surface area (Å²) in [6, 6.07) is 7.83. The molecule has 6 nitrogen and oxygen atoms in total. The zero-order chi connectivity index (χ0) is 21.4. The van der Waals surface area contributed by atoms with Crippen LogP contribution in [0.3, 0.4) is 0 Å². The molecule has 3 heterocycles. The van der Waals surface area contributed by atoms with E-state index in [1.165, 1.54) is 18.4 Å². The number of nitrogens with one attached hydrogen (secondary N) is 1.